The first kappa shape index (κ1) is 12.8. The zero-order chi connectivity index (χ0) is 14.4. The number of fused-ring (bicyclic) bond motifs is 1. The molecule has 1 atom stereocenters. The fourth-order valence-electron chi connectivity index (χ4n) is 3.44. The van der Waals surface area contributed by atoms with E-state index in [0.717, 1.165) is 48.7 Å². The molecule has 0 saturated carbocycles. The number of aromatic nitrogens is 2. The normalized spacial score (nSPS) is 24.1. The van der Waals surface area contributed by atoms with E-state index in [0.29, 0.717) is 5.89 Å². The van der Waals surface area contributed by atoms with Crippen molar-refractivity contribution < 1.29 is 4.42 Å². The third-order valence-corrected chi connectivity index (χ3v) is 4.69. The highest BCUT2D eigenvalue weighted by Gasteiger charge is 2.37. The van der Waals surface area contributed by atoms with Crippen LogP contribution in [0.5, 0.6) is 0 Å². The Morgan fingerprint density at radius 2 is 2.14 bits per heavy atom. The Hall–Kier alpha value is -1.88. The average Bonchev–Trinajstić information content (AvgIpc) is 3.08. The third-order valence-electron chi connectivity index (χ3n) is 4.69. The van der Waals surface area contributed by atoms with Crippen LogP contribution in [0.25, 0.3) is 11.3 Å². The van der Waals surface area contributed by atoms with Crippen LogP contribution in [0, 0.1) is 13.8 Å². The van der Waals surface area contributed by atoms with Gasteiger partial charge in [0.15, 0.2) is 5.89 Å². The van der Waals surface area contributed by atoms with Crippen molar-refractivity contribution in [3.05, 3.63) is 29.5 Å². The molecule has 110 valence electrons. The number of oxazole rings is 1. The predicted octanol–water partition coefficient (Wildman–Crippen LogP) is 2.44. The maximum Gasteiger partial charge on any atom is 0.191 e. The average molecular weight is 284 g/mol. The third kappa shape index (κ3) is 2.12. The summed E-state index contributed by atoms with van der Waals surface area (Å²) in [5.41, 5.74) is 4.45. The van der Waals surface area contributed by atoms with Crippen LogP contribution in [0.1, 0.15) is 30.0 Å². The van der Waals surface area contributed by atoms with E-state index in [-0.39, 0.29) is 5.54 Å². The SMILES string of the molecule is Cc1nc(-c2cc3c(nc2C)NC2(CCNC2)CC3)co1. The zero-order valence-corrected chi connectivity index (χ0v) is 12.5. The molecule has 2 aromatic heterocycles. The van der Waals surface area contributed by atoms with Crippen LogP contribution in [-0.2, 0) is 6.42 Å². The monoisotopic (exact) mass is 284 g/mol. The first-order chi connectivity index (χ1) is 10.2. The Kier molecular flexibility index (Phi) is 2.79. The van der Waals surface area contributed by atoms with Crippen molar-refractivity contribution in [2.24, 2.45) is 0 Å². The number of rotatable bonds is 1. The Morgan fingerprint density at radius 1 is 1.24 bits per heavy atom. The Bertz CT molecular complexity index is 686. The second-order valence-electron chi connectivity index (χ2n) is 6.21. The summed E-state index contributed by atoms with van der Waals surface area (Å²) in [4.78, 5) is 9.22. The lowest BCUT2D eigenvalue weighted by Gasteiger charge is -2.35. The quantitative estimate of drug-likeness (QED) is 0.842. The minimum absolute atomic E-state index is 0.207. The molecule has 0 bridgehead atoms. The molecule has 2 aromatic rings. The van der Waals surface area contributed by atoms with Gasteiger partial charge in [-0.3, -0.25) is 0 Å². The molecule has 1 unspecified atom stereocenters. The summed E-state index contributed by atoms with van der Waals surface area (Å²) in [6, 6.07) is 2.22. The molecule has 5 heteroatoms. The van der Waals surface area contributed by atoms with Gasteiger partial charge in [0.2, 0.25) is 0 Å². The van der Waals surface area contributed by atoms with Gasteiger partial charge in [-0.15, -0.1) is 0 Å². The second kappa shape index (κ2) is 4.56. The Morgan fingerprint density at radius 3 is 2.86 bits per heavy atom. The topological polar surface area (TPSA) is 63.0 Å². The van der Waals surface area contributed by atoms with Crippen molar-refractivity contribution in [2.45, 2.75) is 38.6 Å². The van der Waals surface area contributed by atoms with Gasteiger partial charge in [-0.25, -0.2) is 9.97 Å². The van der Waals surface area contributed by atoms with E-state index < -0.39 is 0 Å². The summed E-state index contributed by atoms with van der Waals surface area (Å²) in [5, 5.41) is 7.14. The molecule has 21 heavy (non-hydrogen) atoms. The van der Waals surface area contributed by atoms with E-state index in [9.17, 15) is 0 Å². The smallest absolute Gasteiger partial charge is 0.191 e. The van der Waals surface area contributed by atoms with E-state index in [1.54, 1.807) is 6.26 Å². The molecule has 0 radical (unpaired) electrons. The summed E-state index contributed by atoms with van der Waals surface area (Å²) in [6.07, 6.45) is 5.12. The Labute approximate surface area is 124 Å². The van der Waals surface area contributed by atoms with Crippen LogP contribution in [0.4, 0.5) is 5.82 Å². The highest BCUT2D eigenvalue weighted by atomic mass is 16.3. The number of pyridine rings is 1. The van der Waals surface area contributed by atoms with E-state index in [4.69, 9.17) is 9.40 Å². The number of aryl methyl sites for hydroxylation is 3. The lowest BCUT2D eigenvalue weighted by Crippen LogP contribution is -2.44. The van der Waals surface area contributed by atoms with E-state index in [1.807, 2.05) is 13.8 Å². The lowest BCUT2D eigenvalue weighted by molar-refractivity contribution is 0.454. The molecular formula is C16H20N4O. The molecule has 0 aliphatic carbocycles. The molecule has 4 heterocycles. The number of anilines is 1. The fourth-order valence-corrected chi connectivity index (χ4v) is 3.44. The standard InChI is InChI=1S/C16H20N4O/c1-10-13(14-8-21-11(2)19-14)7-12-3-4-16(5-6-17-9-16)20-15(12)18-10/h7-8,17H,3-6,9H2,1-2H3,(H,18,20). The van der Waals surface area contributed by atoms with Crippen LogP contribution >= 0.6 is 0 Å². The molecule has 5 nitrogen and oxygen atoms in total. The van der Waals surface area contributed by atoms with E-state index in [2.05, 4.69) is 21.7 Å². The lowest BCUT2D eigenvalue weighted by atomic mass is 9.86. The molecule has 1 spiro atoms. The summed E-state index contributed by atoms with van der Waals surface area (Å²) in [7, 11) is 0. The van der Waals surface area contributed by atoms with E-state index in [1.165, 1.54) is 12.0 Å². The van der Waals surface area contributed by atoms with Crippen molar-refractivity contribution in [3.63, 3.8) is 0 Å². The van der Waals surface area contributed by atoms with E-state index >= 15 is 0 Å². The summed E-state index contributed by atoms with van der Waals surface area (Å²) < 4.78 is 5.33. The molecule has 0 aromatic carbocycles. The molecule has 2 aliphatic heterocycles. The first-order valence-corrected chi connectivity index (χ1v) is 7.57. The van der Waals surface area contributed by atoms with Gasteiger partial charge in [0, 0.05) is 24.7 Å². The first-order valence-electron chi connectivity index (χ1n) is 7.57. The number of hydrogen-bond acceptors (Lipinski definition) is 5. The predicted molar refractivity (Wildman–Crippen MR) is 81.4 cm³/mol. The summed E-state index contributed by atoms with van der Waals surface area (Å²) in [5.74, 6) is 1.74. The van der Waals surface area contributed by atoms with Crippen LogP contribution in [0.2, 0.25) is 0 Å². The summed E-state index contributed by atoms with van der Waals surface area (Å²) in [6.45, 7) is 6.04. The van der Waals surface area contributed by atoms with Crippen molar-refractivity contribution in [3.8, 4) is 11.3 Å². The second-order valence-corrected chi connectivity index (χ2v) is 6.21. The summed E-state index contributed by atoms with van der Waals surface area (Å²) >= 11 is 0. The Balaban J connectivity index is 1.72. The molecular weight excluding hydrogens is 264 g/mol. The van der Waals surface area contributed by atoms with Gasteiger partial charge in [0.1, 0.15) is 17.8 Å². The van der Waals surface area contributed by atoms with Crippen LogP contribution in [0.15, 0.2) is 16.7 Å². The van der Waals surface area contributed by atoms with Crippen LogP contribution in [0.3, 0.4) is 0 Å². The number of nitrogens with zero attached hydrogens (tertiary/aromatic N) is 2. The molecule has 1 saturated heterocycles. The maximum atomic E-state index is 5.33. The molecule has 2 N–H and O–H groups in total. The van der Waals surface area contributed by atoms with Crippen molar-refractivity contribution in [1.29, 1.82) is 0 Å². The van der Waals surface area contributed by atoms with Crippen molar-refractivity contribution in [1.82, 2.24) is 15.3 Å². The molecule has 4 rings (SSSR count). The van der Waals surface area contributed by atoms with Crippen molar-refractivity contribution >= 4 is 5.82 Å². The largest absolute Gasteiger partial charge is 0.449 e. The van der Waals surface area contributed by atoms with Gasteiger partial charge >= 0.3 is 0 Å². The van der Waals surface area contributed by atoms with Gasteiger partial charge in [-0.2, -0.15) is 0 Å². The maximum absolute atomic E-state index is 5.33. The highest BCUT2D eigenvalue weighted by Crippen LogP contribution is 2.36. The highest BCUT2D eigenvalue weighted by molar-refractivity contribution is 5.66. The van der Waals surface area contributed by atoms with Gasteiger partial charge in [-0.05, 0) is 44.4 Å². The number of hydrogen-bond donors (Lipinski definition) is 2. The molecule has 0 amide bonds. The van der Waals surface area contributed by atoms with Gasteiger partial charge in [0.05, 0.1) is 5.54 Å². The van der Waals surface area contributed by atoms with Crippen molar-refractivity contribution in [2.75, 3.05) is 18.4 Å². The molecule has 1 fully saturated rings. The van der Waals surface area contributed by atoms with Crippen LogP contribution < -0.4 is 10.6 Å². The molecule has 2 aliphatic rings. The zero-order valence-electron chi connectivity index (χ0n) is 12.5. The van der Waals surface area contributed by atoms with Gasteiger partial charge < -0.3 is 15.1 Å². The minimum atomic E-state index is 0.207. The minimum Gasteiger partial charge on any atom is -0.449 e. The van der Waals surface area contributed by atoms with Gasteiger partial charge in [0.25, 0.3) is 0 Å². The van der Waals surface area contributed by atoms with Crippen LogP contribution in [-0.4, -0.2) is 28.6 Å². The number of nitrogens with one attached hydrogen (secondary N) is 2. The fraction of sp³-hybridized carbons (Fsp3) is 0.500. The van der Waals surface area contributed by atoms with Gasteiger partial charge in [-0.1, -0.05) is 0 Å².